The predicted octanol–water partition coefficient (Wildman–Crippen LogP) is 3.19. The lowest BCUT2D eigenvalue weighted by Gasteiger charge is -2.26. The Kier molecular flexibility index (Phi) is 3.94. The minimum atomic E-state index is -0.274. The number of aliphatic hydroxyl groups excluding tert-OH is 1. The highest BCUT2D eigenvalue weighted by Gasteiger charge is 2.21. The summed E-state index contributed by atoms with van der Waals surface area (Å²) in [5.74, 6) is 0.857. The van der Waals surface area contributed by atoms with E-state index in [0.29, 0.717) is 0 Å². The van der Waals surface area contributed by atoms with Gasteiger partial charge < -0.3 is 10.4 Å². The lowest BCUT2D eigenvalue weighted by molar-refractivity contribution is 0.128. The highest BCUT2D eigenvalue weighted by atomic mass is 32.1. The highest BCUT2D eigenvalue weighted by Crippen LogP contribution is 2.26. The van der Waals surface area contributed by atoms with Crippen LogP contribution in [0, 0.1) is 0 Å². The van der Waals surface area contributed by atoms with E-state index in [2.05, 4.69) is 15.3 Å². The van der Waals surface area contributed by atoms with Crippen molar-refractivity contribution in [2.75, 3.05) is 5.32 Å². The van der Waals surface area contributed by atoms with Gasteiger partial charge >= 0.3 is 0 Å². The fourth-order valence-electron chi connectivity index (χ4n) is 2.71. The molecule has 102 valence electrons. The zero-order chi connectivity index (χ0) is 13.1. The smallest absolute Gasteiger partial charge is 0.138 e. The monoisotopic (exact) mass is 277 g/mol. The third-order valence-corrected chi connectivity index (χ3v) is 4.63. The molecule has 0 radical (unpaired) electrons. The fraction of sp³-hybridized carbons (Fsp3) is 0.571. The Morgan fingerprint density at radius 3 is 2.89 bits per heavy atom. The predicted molar refractivity (Wildman–Crippen MR) is 78.5 cm³/mol. The van der Waals surface area contributed by atoms with E-state index in [4.69, 9.17) is 0 Å². The molecule has 2 heterocycles. The van der Waals surface area contributed by atoms with Crippen molar-refractivity contribution < 1.29 is 5.11 Å². The van der Waals surface area contributed by atoms with E-state index in [9.17, 15) is 5.11 Å². The van der Waals surface area contributed by atoms with Crippen molar-refractivity contribution in [1.82, 2.24) is 9.97 Å². The first-order valence-corrected chi connectivity index (χ1v) is 7.85. The van der Waals surface area contributed by atoms with Gasteiger partial charge in [0.2, 0.25) is 0 Å². The average Bonchev–Trinajstić information content (AvgIpc) is 2.87. The molecule has 1 saturated carbocycles. The number of nitrogens with zero attached hydrogens (tertiary/aromatic N) is 2. The molecule has 0 bridgehead atoms. The summed E-state index contributed by atoms with van der Waals surface area (Å²) in [6.45, 7) is 0. The molecule has 1 fully saturated rings. The molecule has 2 atom stereocenters. The minimum absolute atomic E-state index is 0.110. The Hall–Kier alpha value is -1.20. The van der Waals surface area contributed by atoms with Gasteiger partial charge in [0.05, 0.1) is 17.5 Å². The molecule has 0 amide bonds. The van der Waals surface area contributed by atoms with E-state index in [-0.39, 0.29) is 12.1 Å². The number of fused-ring (bicyclic) bond motifs is 1. The van der Waals surface area contributed by atoms with Crippen LogP contribution in [0.1, 0.15) is 38.5 Å². The molecule has 0 aromatic carbocycles. The first-order valence-electron chi connectivity index (χ1n) is 6.97. The largest absolute Gasteiger partial charge is 0.391 e. The lowest BCUT2D eigenvalue weighted by atomic mass is 9.94. The first-order chi connectivity index (χ1) is 9.34. The van der Waals surface area contributed by atoms with Crippen molar-refractivity contribution in [3.05, 3.63) is 17.8 Å². The second kappa shape index (κ2) is 5.84. The molecule has 5 heteroatoms. The van der Waals surface area contributed by atoms with Crippen LogP contribution < -0.4 is 5.32 Å². The molecule has 19 heavy (non-hydrogen) atoms. The SMILES string of the molecule is O[C@H]1CCCCCC[C@@H]1Nc1ncnc2sccc12. The summed E-state index contributed by atoms with van der Waals surface area (Å²) in [5, 5.41) is 16.8. The van der Waals surface area contributed by atoms with Gasteiger partial charge in [0.1, 0.15) is 17.0 Å². The first kappa shape index (κ1) is 12.8. The summed E-state index contributed by atoms with van der Waals surface area (Å²) in [7, 11) is 0. The molecule has 2 N–H and O–H groups in total. The average molecular weight is 277 g/mol. The van der Waals surface area contributed by atoms with Gasteiger partial charge in [0.15, 0.2) is 0 Å². The number of aromatic nitrogens is 2. The Balaban J connectivity index is 1.80. The normalized spacial score (nSPS) is 24.9. The van der Waals surface area contributed by atoms with Gasteiger partial charge in [-0.3, -0.25) is 0 Å². The molecule has 0 unspecified atom stereocenters. The van der Waals surface area contributed by atoms with Crippen molar-refractivity contribution in [2.24, 2.45) is 0 Å². The van der Waals surface area contributed by atoms with Crippen LogP contribution in [0.15, 0.2) is 17.8 Å². The van der Waals surface area contributed by atoms with Crippen LogP contribution in [0.25, 0.3) is 10.2 Å². The third kappa shape index (κ3) is 2.87. The van der Waals surface area contributed by atoms with Gasteiger partial charge in [-0.1, -0.05) is 25.7 Å². The maximum Gasteiger partial charge on any atom is 0.138 e. The summed E-state index contributed by atoms with van der Waals surface area (Å²) in [4.78, 5) is 9.59. The van der Waals surface area contributed by atoms with Gasteiger partial charge in [-0.05, 0) is 24.3 Å². The van der Waals surface area contributed by atoms with Gasteiger partial charge in [0, 0.05) is 0 Å². The van der Waals surface area contributed by atoms with Crippen LogP contribution in [0.5, 0.6) is 0 Å². The van der Waals surface area contributed by atoms with E-state index in [1.165, 1.54) is 19.3 Å². The van der Waals surface area contributed by atoms with Gasteiger partial charge in [-0.2, -0.15) is 0 Å². The van der Waals surface area contributed by atoms with E-state index >= 15 is 0 Å². The van der Waals surface area contributed by atoms with Gasteiger partial charge in [0.25, 0.3) is 0 Å². The molecular formula is C14H19N3OS. The number of thiophene rings is 1. The number of aliphatic hydroxyl groups is 1. The van der Waals surface area contributed by atoms with Crippen LogP contribution in [0.4, 0.5) is 5.82 Å². The molecule has 0 aliphatic heterocycles. The van der Waals surface area contributed by atoms with Crippen LogP contribution in [-0.2, 0) is 0 Å². The number of rotatable bonds is 2. The lowest BCUT2D eigenvalue weighted by Crippen LogP contribution is -2.34. The Morgan fingerprint density at radius 2 is 2.00 bits per heavy atom. The highest BCUT2D eigenvalue weighted by molar-refractivity contribution is 7.16. The molecule has 2 aromatic heterocycles. The summed E-state index contributed by atoms with van der Waals surface area (Å²) >= 11 is 1.62. The van der Waals surface area contributed by atoms with E-state index < -0.39 is 0 Å². The number of anilines is 1. The molecular weight excluding hydrogens is 258 g/mol. The number of nitrogens with one attached hydrogen (secondary N) is 1. The molecule has 2 aromatic rings. The second-order valence-electron chi connectivity index (χ2n) is 5.17. The Morgan fingerprint density at radius 1 is 1.16 bits per heavy atom. The van der Waals surface area contributed by atoms with Gasteiger partial charge in [-0.15, -0.1) is 11.3 Å². The maximum atomic E-state index is 10.3. The van der Waals surface area contributed by atoms with Crippen molar-refractivity contribution in [1.29, 1.82) is 0 Å². The minimum Gasteiger partial charge on any atom is -0.391 e. The van der Waals surface area contributed by atoms with Crippen LogP contribution in [-0.4, -0.2) is 27.2 Å². The molecule has 1 aliphatic rings. The molecule has 0 saturated heterocycles. The van der Waals surface area contributed by atoms with Crippen molar-refractivity contribution in [2.45, 2.75) is 50.7 Å². The number of hydrogen-bond acceptors (Lipinski definition) is 5. The van der Waals surface area contributed by atoms with Crippen LogP contribution >= 0.6 is 11.3 Å². The second-order valence-corrected chi connectivity index (χ2v) is 6.07. The summed E-state index contributed by atoms with van der Waals surface area (Å²) in [6, 6.07) is 2.15. The summed E-state index contributed by atoms with van der Waals surface area (Å²) in [5.41, 5.74) is 0. The maximum absolute atomic E-state index is 10.3. The van der Waals surface area contributed by atoms with E-state index in [0.717, 1.165) is 35.3 Å². The van der Waals surface area contributed by atoms with Gasteiger partial charge in [-0.25, -0.2) is 9.97 Å². The molecule has 0 spiro atoms. The van der Waals surface area contributed by atoms with E-state index in [1.807, 2.05) is 11.4 Å². The zero-order valence-corrected chi connectivity index (χ0v) is 11.7. The molecule has 1 aliphatic carbocycles. The Bertz CT molecular complexity index is 542. The summed E-state index contributed by atoms with van der Waals surface area (Å²) < 4.78 is 0. The fourth-order valence-corrected chi connectivity index (χ4v) is 3.45. The van der Waals surface area contributed by atoms with Crippen LogP contribution in [0.2, 0.25) is 0 Å². The quantitative estimate of drug-likeness (QED) is 0.885. The Labute approximate surface area is 116 Å². The van der Waals surface area contributed by atoms with Crippen LogP contribution in [0.3, 0.4) is 0 Å². The molecule has 3 rings (SSSR count). The standard InChI is InChI=1S/C14H19N3OS/c18-12-6-4-2-1-3-5-11(12)17-13-10-7-8-19-14(10)16-9-15-13/h7-9,11-12,18H,1-6H2,(H,15,16,17)/t11-,12-/m0/s1. The van der Waals surface area contributed by atoms with E-state index in [1.54, 1.807) is 17.7 Å². The van der Waals surface area contributed by atoms with Crippen molar-refractivity contribution >= 4 is 27.4 Å². The number of hydrogen-bond donors (Lipinski definition) is 2. The topological polar surface area (TPSA) is 58.0 Å². The van der Waals surface area contributed by atoms with Crippen molar-refractivity contribution in [3.63, 3.8) is 0 Å². The van der Waals surface area contributed by atoms with Crippen molar-refractivity contribution in [3.8, 4) is 0 Å². The zero-order valence-electron chi connectivity index (χ0n) is 10.9. The summed E-state index contributed by atoms with van der Waals surface area (Å²) in [6.07, 6.45) is 8.02. The third-order valence-electron chi connectivity index (χ3n) is 3.81. The molecule has 4 nitrogen and oxygen atoms in total.